The summed E-state index contributed by atoms with van der Waals surface area (Å²) >= 11 is 0. The van der Waals surface area contributed by atoms with Gasteiger partial charge >= 0.3 is 0 Å². The summed E-state index contributed by atoms with van der Waals surface area (Å²) in [7, 11) is 0. The molecule has 212 valence electrons. The molecule has 0 amide bonds. The van der Waals surface area contributed by atoms with E-state index in [9.17, 15) is 0 Å². The van der Waals surface area contributed by atoms with E-state index < -0.39 is 0 Å². The minimum absolute atomic E-state index is 0.866. The number of aromatic nitrogens is 1. The molecule has 0 N–H and O–H groups in total. The maximum atomic E-state index is 6.64. The first-order valence-electron chi connectivity index (χ1n) is 15.3. The minimum atomic E-state index is 0.866. The van der Waals surface area contributed by atoms with Crippen LogP contribution in [-0.4, -0.2) is 4.57 Å². The lowest BCUT2D eigenvalue weighted by Crippen LogP contribution is -2.12. The summed E-state index contributed by atoms with van der Waals surface area (Å²) in [6.07, 6.45) is 0. The van der Waals surface area contributed by atoms with Gasteiger partial charge in [-0.3, -0.25) is 0 Å². The van der Waals surface area contributed by atoms with E-state index in [4.69, 9.17) is 4.42 Å². The number of fused-ring (bicyclic) bond motifs is 6. The Kier molecular flexibility index (Phi) is 5.82. The molecule has 0 bridgehead atoms. The van der Waals surface area contributed by atoms with E-state index in [1.54, 1.807) is 0 Å². The van der Waals surface area contributed by atoms with E-state index in [1.165, 1.54) is 27.4 Å². The molecule has 45 heavy (non-hydrogen) atoms. The Balaban J connectivity index is 1.37. The van der Waals surface area contributed by atoms with E-state index in [0.717, 1.165) is 50.2 Å². The Morgan fingerprint density at radius 2 is 1.02 bits per heavy atom. The van der Waals surface area contributed by atoms with Crippen molar-refractivity contribution in [1.29, 1.82) is 0 Å². The van der Waals surface area contributed by atoms with Crippen molar-refractivity contribution in [2.45, 2.75) is 0 Å². The van der Waals surface area contributed by atoms with Gasteiger partial charge in [-0.25, -0.2) is 0 Å². The maximum Gasteiger partial charge on any atom is 0.159 e. The largest absolute Gasteiger partial charge is 0.454 e. The van der Waals surface area contributed by atoms with Crippen molar-refractivity contribution in [2.75, 3.05) is 4.90 Å². The highest BCUT2D eigenvalue weighted by Gasteiger charge is 2.24. The molecule has 0 unspecified atom stereocenters. The van der Waals surface area contributed by atoms with Crippen molar-refractivity contribution >= 4 is 60.8 Å². The number of rotatable bonds is 5. The third-order valence-corrected chi connectivity index (χ3v) is 8.79. The molecule has 0 aliphatic rings. The molecule has 0 aliphatic heterocycles. The van der Waals surface area contributed by atoms with Gasteiger partial charge in [-0.2, -0.15) is 0 Å². The highest BCUT2D eigenvalue weighted by molar-refractivity contribution is 6.16. The number of hydrogen-bond acceptors (Lipinski definition) is 2. The third-order valence-electron chi connectivity index (χ3n) is 8.79. The second kappa shape index (κ2) is 10.3. The van der Waals surface area contributed by atoms with Crippen molar-refractivity contribution in [3.8, 4) is 16.8 Å². The quantitative estimate of drug-likeness (QED) is 0.203. The summed E-state index contributed by atoms with van der Waals surface area (Å²) in [4.78, 5) is 2.36. The molecule has 0 saturated heterocycles. The standard InChI is InChI=1S/C42H28N2O/c1-3-13-29(14-4-1)30-25-27-32(28-26-30)43(39-23-12-20-36-34-18-8-10-24-40(34)45-42(36)39)38-22-11-19-35-33-17-7-9-21-37(33)44(41(35)38)31-15-5-2-6-16-31/h1-28H. The minimum Gasteiger partial charge on any atom is -0.454 e. The van der Waals surface area contributed by atoms with Crippen molar-refractivity contribution in [1.82, 2.24) is 4.57 Å². The van der Waals surface area contributed by atoms with Gasteiger partial charge in [0.2, 0.25) is 0 Å². The zero-order chi connectivity index (χ0) is 29.7. The summed E-state index contributed by atoms with van der Waals surface area (Å²) in [6, 6.07) is 60.1. The third kappa shape index (κ3) is 4.05. The first-order chi connectivity index (χ1) is 22.3. The smallest absolute Gasteiger partial charge is 0.159 e. The van der Waals surface area contributed by atoms with Crippen LogP contribution in [0, 0.1) is 0 Å². The van der Waals surface area contributed by atoms with Crippen molar-refractivity contribution < 1.29 is 4.42 Å². The van der Waals surface area contributed by atoms with Crippen LogP contribution in [0.1, 0.15) is 0 Å². The van der Waals surface area contributed by atoms with Gasteiger partial charge in [-0.05, 0) is 59.7 Å². The highest BCUT2D eigenvalue weighted by atomic mass is 16.3. The van der Waals surface area contributed by atoms with Crippen LogP contribution in [0.15, 0.2) is 174 Å². The fourth-order valence-corrected chi connectivity index (χ4v) is 6.78. The predicted molar refractivity (Wildman–Crippen MR) is 188 cm³/mol. The molecule has 2 aromatic heterocycles. The number of benzene rings is 7. The van der Waals surface area contributed by atoms with Gasteiger partial charge in [0.25, 0.3) is 0 Å². The monoisotopic (exact) mass is 576 g/mol. The number of nitrogens with zero attached hydrogens (tertiary/aromatic N) is 2. The Morgan fingerprint density at radius 1 is 0.422 bits per heavy atom. The van der Waals surface area contributed by atoms with Gasteiger partial charge in [0.15, 0.2) is 5.58 Å². The lowest BCUT2D eigenvalue weighted by molar-refractivity contribution is 0.669. The first-order valence-corrected chi connectivity index (χ1v) is 15.3. The van der Waals surface area contributed by atoms with Crippen LogP contribution < -0.4 is 4.90 Å². The number of anilines is 3. The van der Waals surface area contributed by atoms with E-state index in [-0.39, 0.29) is 0 Å². The van der Waals surface area contributed by atoms with Crippen molar-refractivity contribution in [2.24, 2.45) is 0 Å². The number of hydrogen-bond donors (Lipinski definition) is 0. The SMILES string of the molecule is c1ccc(-c2ccc(N(c3cccc4c3oc3ccccc34)c3cccc4c5ccccc5n(-c5ccccc5)c34)cc2)cc1. The summed E-state index contributed by atoms with van der Waals surface area (Å²) < 4.78 is 9.03. The first kappa shape index (κ1) is 25.4. The maximum absolute atomic E-state index is 6.64. The zero-order valence-electron chi connectivity index (χ0n) is 24.5. The lowest BCUT2D eigenvalue weighted by atomic mass is 10.0. The van der Waals surface area contributed by atoms with Crippen LogP contribution in [0.4, 0.5) is 17.1 Å². The van der Waals surface area contributed by atoms with Crippen LogP contribution >= 0.6 is 0 Å². The zero-order valence-corrected chi connectivity index (χ0v) is 24.5. The molecule has 3 heteroatoms. The molecule has 3 nitrogen and oxygen atoms in total. The molecule has 9 aromatic rings. The molecule has 0 radical (unpaired) electrons. The van der Waals surface area contributed by atoms with Crippen LogP contribution in [0.5, 0.6) is 0 Å². The van der Waals surface area contributed by atoms with Gasteiger partial charge in [-0.15, -0.1) is 0 Å². The molecule has 9 rings (SSSR count). The fourth-order valence-electron chi connectivity index (χ4n) is 6.78. The Bertz CT molecular complexity index is 2470. The number of para-hydroxylation sites is 5. The van der Waals surface area contributed by atoms with E-state index >= 15 is 0 Å². The highest BCUT2D eigenvalue weighted by Crippen LogP contribution is 2.46. The van der Waals surface area contributed by atoms with Gasteiger partial charge in [-0.1, -0.05) is 121 Å². The van der Waals surface area contributed by atoms with Crippen LogP contribution in [0.3, 0.4) is 0 Å². The van der Waals surface area contributed by atoms with Gasteiger partial charge in [0.05, 0.1) is 22.4 Å². The van der Waals surface area contributed by atoms with Gasteiger partial charge in [0, 0.05) is 32.9 Å². The summed E-state index contributed by atoms with van der Waals surface area (Å²) in [5, 5.41) is 4.64. The van der Waals surface area contributed by atoms with E-state index in [1.807, 2.05) is 12.1 Å². The van der Waals surface area contributed by atoms with Crippen LogP contribution in [-0.2, 0) is 0 Å². The van der Waals surface area contributed by atoms with Gasteiger partial charge < -0.3 is 13.9 Å². The van der Waals surface area contributed by atoms with E-state index in [2.05, 4.69) is 167 Å². The summed E-state index contributed by atoms with van der Waals surface area (Å²) in [6.45, 7) is 0. The lowest BCUT2D eigenvalue weighted by Gasteiger charge is -2.27. The normalized spacial score (nSPS) is 11.6. The Hall–Kier alpha value is -6.06. The Morgan fingerprint density at radius 3 is 1.82 bits per heavy atom. The molecule has 0 atom stereocenters. The van der Waals surface area contributed by atoms with Crippen molar-refractivity contribution in [3.63, 3.8) is 0 Å². The molecular weight excluding hydrogens is 548 g/mol. The fraction of sp³-hybridized carbons (Fsp3) is 0. The molecule has 0 aliphatic carbocycles. The van der Waals surface area contributed by atoms with Gasteiger partial charge in [0.1, 0.15) is 5.58 Å². The van der Waals surface area contributed by atoms with Crippen molar-refractivity contribution in [3.05, 3.63) is 170 Å². The molecule has 7 aromatic carbocycles. The van der Waals surface area contributed by atoms with Crippen LogP contribution in [0.25, 0.3) is 60.6 Å². The molecule has 0 fully saturated rings. The Labute approximate surface area is 260 Å². The average molecular weight is 577 g/mol. The average Bonchev–Trinajstić information content (AvgIpc) is 3.67. The summed E-state index contributed by atoms with van der Waals surface area (Å²) in [5.41, 5.74) is 10.7. The molecule has 0 saturated carbocycles. The van der Waals surface area contributed by atoms with Crippen LogP contribution in [0.2, 0.25) is 0 Å². The topological polar surface area (TPSA) is 21.3 Å². The molecule has 0 spiro atoms. The predicted octanol–water partition coefficient (Wildman–Crippen LogP) is 11.8. The second-order valence-corrected chi connectivity index (χ2v) is 11.4. The summed E-state index contributed by atoms with van der Waals surface area (Å²) in [5.74, 6) is 0. The van der Waals surface area contributed by atoms with E-state index in [0.29, 0.717) is 0 Å². The second-order valence-electron chi connectivity index (χ2n) is 11.4. The number of furan rings is 1. The molecular formula is C42H28N2O. The molecule has 2 heterocycles.